The second-order valence-corrected chi connectivity index (χ2v) is 5.74. The Labute approximate surface area is 104 Å². The van der Waals surface area contributed by atoms with Crippen molar-refractivity contribution in [1.82, 2.24) is 0 Å². The van der Waals surface area contributed by atoms with Crippen molar-refractivity contribution in [1.29, 1.82) is 0 Å². The molecule has 0 aliphatic heterocycles. The van der Waals surface area contributed by atoms with Crippen LogP contribution in [0.5, 0.6) is 0 Å². The topological polar surface area (TPSA) is 0 Å². The minimum absolute atomic E-state index is 0.158. The van der Waals surface area contributed by atoms with Crippen molar-refractivity contribution in [2.24, 2.45) is 0 Å². The number of rotatable bonds is 1. The first-order chi connectivity index (χ1) is 7.91. The summed E-state index contributed by atoms with van der Waals surface area (Å²) in [5.41, 5.74) is 3.96. The minimum Gasteiger partial charge on any atom is -0.0955 e. The number of hydrogen-bond donors (Lipinski definition) is 0. The summed E-state index contributed by atoms with van der Waals surface area (Å²) >= 11 is 0. The lowest BCUT2D eigenvalue weighted by Crippen LogP contribution is -2.12. The van der Waals surface area contributed by atoms with E-state index in [4.69, 9.17) is 0 Å². The summed E-state index contributed by atoms with van der Waals surface area (Å²) in [6.45, 7) is 13.0. The Balaban J connectivity index is 2.90. The van der Waals surface area contributed by atoms with Crippen LogP contribution in [0.1, 0.15) is 38.8 Å². The highest BCUT2D eigenvalue weighted by molar-refractivity contribution is 5.96. The molecule has 0 radical (unpaired) electrons. The van der Waals surface area contributed by atoms with Crippen LogP contribution >= 0.6 is 0 Å². The Morgan fingerprint density at radius 2 is 1.59 bits per heavy atom. The molecule has 0 spiro atoms. The molecule has 0 unspecified atom stereocenters. The van der Waals surface area contributed by atoms with Gasteiger partial charge in [-0.25, -0.2) is 0 Å². The number of hydrogen-bond acceptors (Lipinski definition) is 0. The zero-order chi connectivity index (χ0) is 12.6. The first kappa shape index (κ1) is 11.9. The van der Waals surface area contributed by atoms with Crippen LogP contribution in [0.4, 0.5) is 0 Å². The van der Waals surface area contributed by atoms with E-state index in [-0.39, 0.29) is 5.41 Å². The molecule has 0 N–H and O–H groups in total. The van der Waals surface area contributed by atoms with Crippen molar-refractivity contribution >= 4 is 16.3 Å². The molecule has 0 heterocycles. The van der Waals surface area contributed by atoms with Crippen molar-refractivity contribution in [2.45, 2.75) is 33.1 Å². The highest BCUT2D eigenvalue weighted by Crippen LogP contribution is 2.34. The van der Waals surface area contributed by atoms with Gasteiger partial charge in [-0.2, -0.15) is 0 Å². The Hall–Kier alpha value is -1.56. The lowest BCUT2D eigenvalue weighted by Gasteiger charge is -2.23. The summed E-state index contributed by atoms with van der Waals surface area (Å²) in [5.74, 6) is 0. The fourth-order valence-electron chi connectivity index (χ4n) is 2.32. The normalized spacial score (nSPS) is 11.8. The van der Waals surface area contributed by atoms with Crippen molar-refractivity contribution in [3.8, 4) is 0 Å². The van der Waals surface area contributed by atoms with Gasteiger partial charge in [0.05, 0.1) is 0 Å². The zero-order valence-corrected chi connectivity index (χ0v) is 11.2. The van der Waals surface area contributed by atoms with E-state index in [9.17, 15) is 0 Å². The molecule has 0 bridgehead atoms. The molecule has 0 saturated carbocycles. The molecule has 0 fully saturated rings. The van der Waals surface area contributed by atoms with E-state index in [1.54, 1.807) is 0 Å². The smallest absolute Gasteiger partial charge is 0.00715 e. The van der Waals surface area contributed by atoms with Crippen molar-refractivity contribution in [3.63, 3.8) is 0 Å². The van der Waals surface area contributed by atoms with Crippen LogP contribution in [0.15, 0.2) is 43.0 Å². The molecule has 0 saturated heterocycles. The largest absolute Gasteiger partial charge is 0.0955 e. The van der Waals surface area contributed by atoms with E-state index >= 15 is 0 Å². The van der Waals surface area contributed by atoms with Crippen LogP contribution in [-0.2, 0) is 5.41 Å². The Kier molecular flexibility index (Phi) is 2.82. The van der Waals surface area contributed by atoms with E-state index < -0.39 is 0 Å². The van der Waals surface area contributed by atoms with Crippen molar-refractivity contribution in [3.05, 3.63) is 54.1 Å². The summed E-state index contributed by atoms with van der Waals surface area (Å²) in [4.78, 5) is 0. The van der Waals surface area contributed by atoms with Gasteiger partial charge < -0.3 is 0 Å². The molecule has 0 heteroatoms. The second kappa shape index (κ2) is 4.03. The molecule has 0 aliphatic rings. The average molecular weight is 224 g/mol. The predicted molar refractivity (Wildman–Crippen MR) is 77.4 cm³/mol. The molecule has 2 aromatic rings. The van der Waals surface area contributed by atoms with Crippen molar-refractivity contribution < 1.29 is 0 Å². The van der Waals surface area contributed by atoms with Gasteiger partial charge in [-0.3, -0.25) is 0 Å². The second-order valence-electron chi connectivity index (χ2n) is 5.74. The van der Waals surface area contributed by atoms with Crippen LogP contribution in [0.3, 0.4) is 0 Å². The molecule has 0 aliphatic carbocycles. The first-order valence-electron chi connectivity index (χ1n) is 6.09. The maximum Gasteiger partial charge on any atom is -0.00715 e. The standard InChI is InChI=1S/C17H20/c1-12(2)14-10-6-8-13-9-7-11-15(16(13)14)17(3,4)5/h6-11H,1H2,2-5H3. The van der Waals surface area contributed by atoms with Crippen LogP contribution in [0, 0.1) is 0 Å². The van der Waals surface area contributed by atoms with Crippen LogP contribution in [0.25, 0.3) is 16.3 Å². The molecule has 0 aromatic heterocycles. The van der Waals surface area contributed by atoms with Gasteiger partial charge >= 0.3 is 0 Å². The maximum absolute atomic E-state index is 4.10. The van der Waals surface area contributed by atoms with Gasteiger partial charge in [-0.15, -0.1) is 0 Å². The average Bonchev–Trinajstić information content (AvgIpc) is 2.26. The van der Waals surface area contributed by atoms with Gasteiger partial charge in [0, 0.05) is 0 Å². The van der Waals surface area contributed by atoms with Gasteiger partial charge in [0.25, 0.3) is 0 Å². The van der Waals surface area contributed by atoms with E-state index in [0.29, 0.717) is 0 Å². The number of benzene rings is 2. The SMILES string of the molecule is C=C(C)c1cccc2cccc(C(C)(C)C)c12. The zero-order valence-electron chi connectivity index (χ0n) is 11.2. The fraction of sp³-hybridized carbons (Fsp3) is 0.294. The number of fused-ring (bicyclic) bond motifs is 1. The van der Waals surface area contributed by atoms with E-state index in [1.807, 2.05) is 0 Å². The van der Waals surface area contributed by atoms with E-state index in [0.717, 1.165) is 5.57 Å². The first-order valence-corrected chi connectivity index (χ1v) is 6.09. The third-order valence-electron chi connectivity index (χ3n) is 3.17. The maximum atomic E-state index is 4.10. The highest BCUT2D eigenvalue weighted by Gasteiger charge is 2.18. The van der Waals surface area contributed by atoms with Gasteiger partial charge in [0.15, 0.2) is 0 Å². The van der Waals surface area contributed by atoms with E-state index in [1.165, 1.54) is 21.9 Å². The Bertz CT molecular complexity index is 563. The van der Waals surface area contributed by atoms with Crippen molar-refractivity contribution in [2.75, 3.05) is 0 Å². The minimum atomic E-state index is 0.158. The van der Waals surface area contributed by atoms with Crippen LogP contribution in [-0.4, -0.2) is 0 Å². The van der Waals surface area contributed by atoms with Gasteiger partial charge in [-0.05, 0) is 34.2 Å². The molecule has 2 aromatic carbocycles. The third kappa shape index (κ3) is 2.12. The summed E-state index contributed by atoms with van der Waals surface area (Å²) in [7, 11) is 0. The van der Waals surface area contributed by atoms with E-state index in [2.05, 4.69) is 70.7 Å². The Morgan fingerprint density at radius 1 is 1.00 bits per heavy atom. The highest BCUT2D eigenvalue weighted by atomic mass is 14.2. The van der Waals surface area contributed by atoms with Gasteiger partial charge in [-0.1, -0.05) is 69.3 Å². The molecule has 0 nitrogen and oxygen atoms in total. The van der Waals surface area contributed by atoms with Gasteiger partial charge in [0.1, 0.15) is 0 Å². The monoisotopic (exact) mass is 224 g/mol. The molecule has 2 rings (SSSR count). The molecule has 17 heavy (non-hydrogen) atoms. The Morgan fingerprint density at radius 3 is 2.12 bits per heavy atom. The summed E-state index contributed by atoms with van der Waals surface area (Å²) in [5, 5.41) is 2.66. The summed E-state index contributed by atoms with van der Waals surface area (Å²) < 4.78 is 0. The molecule has 88 valence electrons. The van der Waals surface area contributed by atoms with Gasteiger partial charge in [0.2, 0.25) is 0 Å². The molecule has 0 amide bonds. The van der Waals surface area contributed by atoms with Crippen LogP contribution < -0.4 is 0 Å². The fourth-order valence-corrected chi connectivity index (χ4v) is 2.32. The summed E-state index contributed by atoms with van der Waals surface area (Å²) in [6.07, 6.45) is 0. The van der Waals surface area contributed by atoms with Crippen LogP contribution in [0.2, 0.25) is 0 Å². The predicted octanol–water partition coefficient (Wildman–Crippen LogP) is 5.17. The third-order valence-corrected chi connectivity index (χ3v) is 3.17. The molecular weight excluding hydrogens is 204 g/mol. The molecule has 0 atom stereocenters. The lowest BCUT2D eigenvalue weighted by molar-refractivity contribution is 0.596. The molecular formula is C17H20. The summed E-state index contributed by atoms with van der Waals surface area (Å²) in [6, 6.07) is 13.0. The quantitative estimate of drug-likeness (QED) is 0.627. The lowest BCUT2D eigenvalue weighted by atomic mass is 9.81. The number of allylic oxidation sites excluding steroid dienone is 1.